The van der Waals surface area contributed by atoms with Gasteiger partial charge in [0, 0.05) is 5.69 Å². The lowest BCUT2D eigenvalue weighted by atomic mass is 10.1. The minimum atomic E-state index is -0.416. The molecule has 128 valence electrons. The molecule has 0 aliphatic rings. The predicted molar refractivity (Wildman–Crippen MR) is 93.4 cm³/mol. The van der Waals surface area contributed by atoms with E-state index in [2.05, 4.69) is 15.4 Å². The van der Waals surface area contributed by atoms with Crippen molar-refractivity contribution in [1.29, 1.82) is 0 Å². The fourth-order valence-corrected chi connectivity index (χ4v) is 2.50. The van der Waals surface area contributed by atoms with Crippen LogP contribution in [0.15, 0.2) is 77.7 Å². The first-order valence-corrected chi connectivity index (χ1v) is 7.82. The van der Waals surface area contributed by atoms with Gasteiger partial charge in [-0.15, -0.1) is 0 Å². The molecule has 0 saturated heterocycles. The van der Waals surface area contributed by atoms with Gasteiger partial charge in [-0.1, -0.05) is 12.1 Å². The molecule has 0 aliphatic carbocycles. The third-order valence-corrected chi connectivity index (χ3v) is 3.78. The lowest BCUT2D eigenvalue weighted by molar-refractivity contribution is 0.0997. The smallest absolute Gasteiger partial charge is 0.291 e. The summed E-state index contributed by atoms with van der Waals surface area (Å²) in [5.41, 5.74) is 1.73. The number of amides is 1. The number of aromatic nitrogens is 3. The highest BCUT2D eigenvalue weighted by Crippen LogP contribution is 2.25. The van der Waals surface area contributed by atoms with Gasteiger partial charge in [0.05, 0.1) is 11.3 Å². The number of benzene rings is 2. The van der Waals surface area contributed by atoms with Gasteiger partial charge in [0.1, 0.15) is 24.2 Å². The van der Waals surface area contributed by atoms with Crippen molar-refractivity contribution in [3.05, 3.63) is 84.9 Å². The summed E-state index contributed by atoms with van der Waals surface area (Å²) >= 11 is 0. The molecule has 0 radical (unpaired) electrons. The van der Waals surface area contributed by atoms with Gasteiger partial charge in [-0.05, 0) is 48.5 Å². The van der Waals surface area contributed by atoms with Gasteiger partial charge in [-0.3, -0.25) is 4.79 Å². The van der Waals surface area contributed by atoms with E-state index in [0.717, 1.165) is 5.69 Å². The van der Waals surface area contributed by atoms with E-state index < -0.39 is 11.7 Å². The molecule has 0 spiro atoms. The average molecular weight is 348 g/mol. The third kappa shape index (κ3) is 3.10. The van der Waals surface area contributed by atoms with Gasteiger partial charge in [0.25, 0.3) is 5.91 Å². The fraction of sp³-hybridized carbons (Fsp3) is 0. The van der Waals surface area contributed by atoms with E-state index >= 15 is 0 Å². The van der Waals surface area contributed by atoms with Crippen molar-refractivity contribution < 1.29 is 13.6 Å². The number of hydrogen-bond acceptors (Lipinski definition) is 4. The molecule has 1 N–H and O–H groups in total. The maximum absolute atomic E-state index is 13.8. The Morgan fingerprint density at radius 2 is 1.85 bits per heavy atom. The van der Waals surface area contributed by atoms with Gasteiger partial charge >= 0.3 is 0 Å². The predicted octanol–water partition coefficient (Wildman–Crippen LogP) is 3.92. The minimum Gasteiger partial charge on any atom is -0.451 e. The zero-order valence-electron chi connectivity index (χ0n) is 13.5. The fourth-order valence-electron chi connectivity index (χ4n) is 2.50. The number of halogens is 1. The molecule has 1 amide bonds. The molecule has 4 aromatic rings. The van der Waals surface area contributed by atoms with Crippen molar-refractivity contribution in [1.82, 2.24) is 14.8 Å². The molecule has 0 atom stereocenters. The number of nitrogens with one attached hydrogen (secondary N) is 1. The van der Waals surface area contributed by atoms with Gasteiger partial charge in [0.15, 0.2) is 5.76 Å². The van der Waals surface area contributed by atoms with Crippen molar-refractivity contribution in [3.63, 3.8) is 0 Å². The maximum atomic E-state index is 13.8. The SMILES string of the molecule is O=C(Nc1ccc(-n2cncn2)cc1)c1ccc(-c2ccccc2F)o1. The number of anilines is 1. The summed E-state index contributed by atoms with van der Waals surface area (Å²) in [5, 5.41) is 6.77. The van der Waals surface area contributed by atoms with Gasteiger partial charge < -0.3 is 9.73 Å². The van der Waals surface area contributed by atoms with Crippen LogP contribution in [0, 0.1) is 5.82 Å². The summed E-state index contributed by atoms with van der Waals surface area (Å²) in [6.45, 7) is 0. The normalized spacial score (nSPS) is 10.7. The topological polar surface area (TPSA) is 73.0 Å². The van der Waals surface area contributed by atoms with E-state index in [-0.39, 0.29) is 5.76 Å². The van der Waals surface area contributed by atoms with Gasteiger partial charge in [-0.2, -0.15) is 5.10 Å². The molecular weight excluding hydrogens is 335 g/mol. The van der Waals surface area contributed by atoms with Crippen LogP contribution in [0.1, 0.15) is 10.6 Å². The Kier molecular flexibility index (Phi) is 4.03. The second-order valence-electron chi connectivity index (χ2n) is 5.48. The first kappa shape index (κ1) is 15.8. The highest BCUT2D eigenvalue weighted by atomic mass is 19.1. The van der Waals surface area contributed by atoms with E-state index in [1.165, 1.54) is 18.5 Å². The summed E-state index contributed by atoms with van der Waals surface area (Å²) in [7, 11) is 0. The highest BCUT2D eigenvalue weighted by Gasteiger charge is 2.14. The lowest BCUT2D eigenvalue weighted by Crippen LogP contribution is -2.10. The number of nitrogens with zero attached hydrogens (tertiary/aromatic N) is 3. The van der Waals surface area contributed by atoms with E-state index in [1.807, 2.05) is 0 Å². The monoisotopic (exact) mass is 348 g/mol. The molecular formula is C19H13FN4O2. The van der Waals surface area contributed by atoms with Crippen molar-refractivity contribution in [3.8, 4) is 17.0 Å². The Morgan fingerprint density at radius 1 is 1.04 bits per heavy atom. The number of carbonyl (C=O) groups is 1. The van der Waals surface area contributed by atoms with Crippen LogP contribution in [0.5, 0.6) is 0 Å². The van der Waals surface area contributed by atoms with Crippen LogP contribution < -0.4 is 5.32 Å². The quantitative estimate of drug-likeness (QED) is 0.607. The minimum absolute atomic E-state index is 0.101. The van der Waals surface area contributed by atoms with E-state index in [4.69, 9.17) is 4.42 Å². The zero-order valence-corrected chi connectivity index (χ0v) is 13.5. The van der Waals surface area contributed by atoms with Crippen LogP contribution >= 0.6 is 0 Å². The van der Waals surface area contributed by atoms with E-state index in [9.17, 15) is 9.18 Å². The first-order chi connectivity index (χ1) is 12.7. The van der Waals surface area contributed by atoms with Crippen LogP contribution in [-0.2, 0) is 0 Å². The maximum Gasteiger partial charge on any atom is 0.291 e. The van der Waals surface area contributed by atoms with Crippen LogP contribution in [0.25, 0.3) is 17.0 Å². The van der Waals surface area contributed by atoms with Gasteiger partial charge in [-0.25, -0.2) is 14.1 Å². The Bertz CT molecular complexity index is 1040. The Labute approximate surface area is 147 Å². The van der Waals surface area contributed by atoms with E-state index in [0.29, 0.717) is 17.0 Å². The summed E-state index contributed by atoms with van der Waals surface area (Å²) in [6, 6.07) is 16.4. The molecule has 6 nitrogen and oxygen atoms in total. The molecule has 26 heavy (non-hydrogen) atoms. The Hall–Kier alpha value is -3.74. The number of carbonyl (C=O) groups excluding carboxylic acids is 1. The second kappa shape index (κ2) is 6.64. The molecule has 0 bridgehead atoms. The molecule has 2 heterocycles. The third-order valence-electron chi connectivity index (χ3n) is 3.78. The average Bonchev–Trinajstić information content (AvgIpc) is 3.35. The van der Waals surface area contributed by atoms with Crippen LogP contribution in [0.2, 0.25) is 0 Å². The molecule has 2 aromatic carbocycles. The zero-order chi connectivity index (χ0) is 17.9. The van der Waals surface area contributed by atoms with Crippen molar-refractivity contribution in [2.75, 3.05) is 5.32 Å². The molecule has 0 aliphatic heterocycles. The Balaban J connectivity index is 1.49. The second-order valence-corrected chi connectivity index (χ2v) is 5.48. The van der Waals surface area contributed by atoms with Crippen molar-refractivity contribution >= 4 is 11.6 Å². The molecule has 0 saturated carbocycles. The number of hydrogen-bond donors (Lipinski definition) is 1. The lowest BCUT2D eigenvalue weighted by Gasteiger charge is -2.05. The number of furan rings is 1. The molecule has 2 aromatic heterocycles. The molecule has 7 heteroatoms. The first-order valence-electron chi connectivity index (χ1n) is 7.82. The summed E-state index contributed by atoms with van der Waals surface area (Å²) in [6.07, 6.45) is 3.03. The van der Waals surface area contributed by atoms with Crippen LogP contribution in [0.4, 0.5) is 10.1 Å². The highest BCUT2D eigenvalue weighted by molar-refractivity contribution is 6.02. The Morgan fingerprint density at radius 3 is 2.58 bits per heavy atom. The standard InChI is InChI=1S/C19H13FN4O2/c20-16-4-2-1-3-15(16)17-9-10-18(26-17)19(25)23-13-5-7-14(8-6-13)24-12-21-11-22-24/h1-12H,(H,23,25). The van der Waals surface area contributed by atoms with Crippen LogP contribution in [-0.4, -0.2) is 20.7 Å². The molecule has 4 rings (SSSR count). The van der Waals surface area contributed by atoms with Crippen LogP contribution in [0.3, 0.4) is 0 Å². The number of rotatable bonds is 4. The van der Waals surface area contributed by atoms with Crippen molar-refractivity contribution in [2.24, 2.45) is 0 Å². The van der Waals surface area contributed by atoms with Crippen molar-refractivity contribution in [2.45, 2.75) is 0 Å². The van der Waals surface area contributed by atoms with Gasteiger partial charge in [0.2, 0.25) is 0 Å². The largest absolute Gasteiger partial charge is 0.451 e. The van der Waals surface area contributed by atoms with E-state index in [1.54, 1.807) is 59.5 Å². The summed E-state index contributed by atoms with van der Waals surface area (Å²) in [4.78, 5) is 16.2. The molecule has 0 unspecified atom stereocenters. The summed E-state index contributed by atoms with van der Waals surface area (Å²) in [5.74, 6) is -0.419. The molecule has 0 fully saturated rings. The summed E-state index contributed by atoms with van der Waals surface area (Å²) < 4.78 is 20.9.